The molecule has 1 fully saturated rings. The molecule has 1 N–H and O–H groups in total. The van der Waals surface area contributed by atoms with Gasteiger partial charge in [-0.05, 0) is 40.8 Å². The molecular weight excluding hydrogens is 344 g/mol. The minimum absolute atomic E-state index is 0.320. The number of ether oxygens (including phenoxy) is 2. The zero-order valence-electron chi connectivity index (χ0n) is 14.9. The average Bonchev–Trinajstić information content (AvgIpc) is 3.38. The molecule has 0 spiro atoms. The molecule has 1 saturated heterocycles. The van der Waals surface area contributed by atoms with Crippen molar-refractivity contribution in [1.82, 2.24) is 20.2 Å². The van der Waals surface area contributed by atoms with Crippen LogP contribution in [-0.4, -0.2) is 53.2 Å². The summed E-state index contributed by atoms with van der Waals surface area (Å²) in [7, 11) is 0. The maximum absolute atomic E-state index is 5.48. The molecule has 0 amide bonds. The van der Waals surface area contributed by atoms with Crippen molar-refractivity contribution in [2.75, 3.05) is 37.9 Å². The molecular formula is C19H21N6O2+. The zero-order valence-corrected chi connectivity index (χ0v) is 14.9. The first-order valence-corrected chi connectivity index (χ1v) is 9.18. The van der Waals surface area contributed by atoms with E-state index in [0.717, 1.165) is 55.9 Å². The number of tetrazole rings is 1. The fourth-order valence-electron chi connectivity index (χ4n) is 3.66. The second kappa shape index (κ2) is 6.88. The maximum atomic E-state index is 5.48. The number of nitrogens with one attached hydrogen (secondary N) is 1. The van der Waals surface area contributed by atoms with E-state index in [9.17, 15) is 0 Å². The lowest BCUT2D eigenvalue weighted by Gasteiger charge is -2.32. The number of nitrogens with zero attached hydrogens (tertiary/aromatic N) is 5. The van der Waals surface area contributed by atoms with Crippen LogP contribution in [0.4, 0.5) is 5.95 Å². The summed E-state index contributed by atoms with van der Waals surface area (Å²) in [6.07, 6.45) is 0. The van der Waals surface area contributed by atoms with Gasteiger partial charge in [0.25, 0.3) is 5.95 Å². The van der Waals surface area contributed by atoms with Gasteiger partial charge in [-0.3, -0.25) is 0 Å². The van der Waals surface area contributed by atoms with Gasteiger partial charge in [0.15, 0.2) is 11.5 Å². The van der Waals surface area contributed by atoms with Crippen molar-refractivity contribution in [3.05, 3.63) is 54.1 Å². The number of para-hydroxylation sites is 1. The number of anilines is 1. The van der Waals surface area contributed by atoms with Gasteiger partial charge >= 0.3 is 0 Å². The van der Waals surface area contributed by atoms with Gasteiger partial charge in [0.1, 0.15) is 6.54 Å². The van der Waals surface area contributed by atoms with Gasteiger partial charge in [-0.15, -0.1) is 0 Å². The number of hydrogen-bond donors (Lipinski definition) is 1. The first kappa shape index (κ1) is 16.1. The van der Waals surface area contributed by atoms with Gasteiger partial charge in [-0.1, -0.05) is 23.3 Å². The van der Waals surface area contributed by atoms with E-state index in [4.69, 9.17) is 9.47 Å². The highest BCUT2D eigenvalue weighted by molar-refractivity contribution is 5.44. The largest absolute Gasteiger partial charge is 0.454 e. The normalized spacial score (nSPS) is 16.7. The van der Waals surface area contributed by atoms with Crippen molar-refractivity contribution in [1.29, 1.82) is 0 Å². The Morgan fingerprint density at radius 1 is 0.963 bits per heavy atom. The first-order valence-electron chi connectivity index (χ1n) is 9.18. The lowest BCUT2D eigenvalue weighted by Crippen LogP contribution is -3.13. The predicted molar refractivity (Wildman–Crippen MR) is 98.3 cm³/mol. The molecule has 1 aromatic heterocycles. The van der Waals surface area contributed by atoms with Gasteiger partial charge in [-0.2, -0.15) is 4.68 Å². The number of fused-ring (bicyclic) bond motifs is 1. The predicted octanol–water partition coefficient (Wildman–Crippen LogP) is 0.296. The summed E-state index contributed by atoms with van der Waals surface area (Å²) in [6.45, 7) is 5.22. The summed E-state index contributed by atoms with van der Waals surface area (Å²) in [6, 6.07) is 16.2. The summed E-state index contributed by atoms with van der Waals surface area (Å²) in [5.41, 5.74) is 2.25. The van der Waals surface area contributed by atoms with E-state index in [2.05, 4.69) is 32.6 Å². The smallest absolute Gasteiger partial charge is 0.250 e. The van der Waals surface area contributed by atoms with Crippen LogP contribution in [0.15, 0.2) is 48.5 Å². The Hall–Kier alpha value is -3.13. The van der Waals surface area contributed by atoms with Crippen molar-refractivity contribution in [3.8, 4) is 17.2 Å². The highest BCUT2D eigenvalue weighted by Crippen LogP contribution is 2.32. The van der Waals surface area contributed by atoms with E-state index >= 15 is 0 Å². The summed E-state index contributed by atoms with van der Waals surface area (Å²) in [5, 5.41) is 12.3. The van der Waals surface area contributed by atoms with E-state index in [0.29, 0.717) is 6.79 Å². The third-order valence-electron chi connectivity index (χ3n) is 5.10. The number of piperazine rings is 1. The summed E-state index contributed by atoms with van der Waals surface area (Å²) >= 11 is 0. The Balaban J connectivity index is 1.24. The summed E-state index contributed by atoms with van der Waals surface area (Å²) < 4.78 is 12.7. The second-order valence-corrected chi connectivity index (χ2v) is 6.83. The van der Waals surface area contributed by atoms with Crippen molar-refractivity contribution in [2.45, 2.75) is 6.54 Å². The molecule has 3 heterocycles. The molecule has 0 aliphatic carbocycles. The van der Waals surface area contributed by atoms with E-state index < -0.39 is 0 Å². The second-order valence-electron chi connectivity index (χ2n) is 6.83. The van der Waals surface area contributed by atoms with Crippen molar-refractivity contribution in [3.63, 3.8) is 0 Å². The zero-order chi connectivity index (χ0) is 18.1. The molecule has 138 valence electrons. The molecule has 3 aromatic rings. The standard InChI is InChI=1S/C19H20N6O2/c1-2-4-16(5-3-1)25-19(20-21-22-25)24-10-8-23(9-11-24)13-15-6-7-17-18(12-15)27-14-26-17/h1-7,12H,8-11,13-14H2/p+1. The quantitative estimate of drug-likeness (QED) is 0.717. The molecule has 5 rings (SSSR count). The lowest BCUT2D eigenvalue weighted by molar-refractivity contribution is -0.914. The van der Waals surface area contributed by atoms with Crippen LogP contribution in [0.3, 0.4) is 0 Å². The number of hydrogen-bond acceptors (Lipinski definition) is 6. The average molecular weight is 365 g/mol. The van der Waals surface area contributed by atoms with Crippen LogP contribution in [0.5, 0.6) is 11.5 Å². The lowest BCUT2D eigenvalue weighted by atomic mass is 10.1. The highest BCUT2D eigenvalue weighted by atomic mass is 16.7. The van der Waals surface area contributed by atoms with Crippen molar-refractivity contribution < 1.29 is 14.4 Å². The molecule has 8 nitrogen and oxygen atoms in total. The number of rotatable bonds is 4. The van der Waals surface area contributed by atoms with Crippen LogP contribution < -0.4 is 19.3 Å². The minimum atomic E-state index is 0.320. The molecule has 27 heavy (non-hydrogen) atoms. The van der Waals surface area contributed by atoms with Crippen LogP contribution in [0.2, 0.25) is 0 Å². The van der Waals surface area contributed by atoms with E-state index in [-0.39, 0.29) is 0 Å². The molecule has 2 aliphatic heterocycles. The monoisotopic (exact) mass is 365 g/mol. The molecule has 2 aliphatic rings. The van der Waals surface area contributed by atoms with Gasteiger partial charge in [-0.25, -0.2) is 0 Å². The third-order valence-corrected chi connectivity index (χ3v) is 5.10. The molecule has 0 atom stereocenters. The molecule has 0 saturated carbocycles. The van der Waals surface area contributed by atoms with Crippen molar-refractivity contribution >= 4 is 5.95 Å². The third kappa shape index (κ3) is 3.19. The summed E-state index contributed by atoms with van der Waals surface area (Å²) in [5.74, 6) is 2.50. The van der Waals surface area contributed by atoms with E-state index in [1.807, 2.05) is 41.1 Å². The van der Waals surface area contributed by atoms with Gasteiger partial charge < -0.3 is 19.3 Å². The van der Waals surface area contributed by atoms with Gasteiger partial charge in [0.05, 0.1) is 31.9 Å². The fourth-order valence-corrected chi connectivity index (χ4v) is 3.66. The first-order chi connectivity index (χ1) is 13.4. The molecule has 8 heteroatoms. The van der Waals surface area contributed by atoms with E-state index in [1.54, 1.807) is 4.90 Å². The SMILES string of the molecule is c1ccc(-n2nnnc2N2CC[NH+](Cc3ccc4c(c3)OCO4)CC2)cc1. The number of benzene rings is 2. The van der Waals surface area contributed by atoms with Crippen LogP contribution in [0, 0.1) is 0 Å². The topological polar surface area (TPSA) is 69.7 Å². The minimum Gasteiger partial charge on any atom is -0.454 e. The summed E-state index contributed by atoms with van der Waals surface area (Å²) in [4.78, 5) is 3.81. The van der Waals surface area contributed by atoms with Crippen LogP contribution >= 0.6 is 0 Å². The number of aromatic nitrogens is 4. The molecule has 0 bridgehead atoms. The highest BCUT2D eigenvalue weighted by Gasteiger charge is 2.25. The van der Waals surface area contributed by atoms with Crippen LogP contribution in [-0.2, 0) is 6.54 Å². The van der Waals surface area contributed by atoms with Gasteiger partial charge in [0.2, 0.25) is 6.79 Å². The Morgan fingerprint density at radius 2 is 1.78 bits per heavy atom. The number of quaternary nitrogens is 1. The fraction of sp³-hybridized carbons (Fsp3) is 0.316. The van der Waals surface area contributed by atoms with E-state index in [1.165, 1.54) is 5.56 Å². The van der Waals surface area contributed by atoms with Crippen LogP contribution in [0.1, 0.15) is 5.56 Å². The van der Waals surface area contributed by atoms with Gasteiger partial charge in [0, 0.05) is 5.56 Å². The van der Waals surface area contributed by atoms with Crippen molar-refractivity contribution in [2.24, 2.45) is 0 Å². The maximum Gasteiger partial charge on any atom is 0.250 e. The Morgan fingerprint density at radius 3 is 2.63 bits per heavy atom. The molecule has 0 unspecified atom stereocenters. The van der Waals surface area contributed by atoms with Crippen LogP contribution in [0.25, 0.3) is 5.69 Å². The Kier molecular flexibility index (Phi) is 4.10. The Labute approximate surface area is 156 Å². The Bertz CT molecular complexity index is 921. The molecule has 0 radical (unpaired) electrons. The molecule has 2 aromatic carbocycles.